The lowest BCUT2D eigenvalue weighted by Crippen LogP contribution is -2.15. The van der Waals surface area contributed by atoms with Crippen LogP contribution in [0.25, 0.3) is 0 Å². The SMILES string of the molecule is CNc1cc(NCCc2ccc3c(c2)OCCO3)ccn1. The number of hydrogen-bond donors (Lipinski definition) is 2. The van der Waals surface area contributed by atoms with Gasteiger partial charge < -0.3 is 20.1 Å². The zero-order chi connectivity index (χ0) is 14.5. The van der Waals surface area contributed by atoms with Crippen LogP contribution in [-0.4, -0.2) is 31.8 Å². The zero-order valence-electron chi connectivity index (χ0n) is 12.1. The van der Waals surface area contributed by atoms with Gasteiger partial charge in [0.2, 0.25) is 0 Å². The maximum atomic E-state index is 5.60. The number of ether oxygens (including phenoxy) is 2. The summed E-state index contributed by atoms with van der Waals surface area (Å²) < 4.78 is 11.1. The molecule has 1 aliphatic rings. The van der Waals surface area contributed by atoms with E-state index in [4.69, 9.17) is 9.47 Å². The highest BCUT2D eigenvalue weighted by Gasteiger charge is 2.11. The second kappa shape index (κ2) is 6.35. The maximum absolute atomic E-state index is 5.60. The maximum Gasteiger partial charge on any atom is 0.161 e. The van der Waals surface area contributed by atoms with Crippen molar-refractivity contribution in [1.82, 2.24) is 4.98 Å². The number of pyridine rings is 1. The van der Waals surface area contributed by atoms with Crippen molar-refractivity contribution >= 4 is 11.5 Å². The highest BCUT2D eigenvalue weighted by Crippen LogP contribution is 2.30. The van der Waals surface area contributed by atoms with Crippen LogP contribution in [0.4, 0.5) is 11.5 Å². The Kier molecular flexibility index (Phi) is 4.09. The van der Waals surface area contributed by atoms with Crippen molar-refractivity contribution in [1.29, 1.82) is 0 Å². The third-order valence-corrected chi connectivity index (χ3v) is 3.37. The van der Waals surface area contributed by atoms with Crippen LogP contribution >= 0.6 is 0 Å². The fraction of sp³-hybridized carbons (Fsp3) is 0.312. The van der Waals surface area contributed by atoms with E-state index < -0.39 is 0 Å². The van der Waals surface area contributed by atoms with Crippen LogP contribution < -0.4 is 20.1 Å². The third-order valence-electron chi connectivity index (χ3n) is 3.37. The van der Waals surface area contributed by atoms with E-state index in [0.717, 1.165) is 36.0 Å². The van der Waals surface area contributed by atoms with E-state index in [2.05, 4.69) is 27.8 Å². The molecular formula is C16H19N3O2. The van der Waals surface area contributed by atoms with Gasteiger partial charge >= 0.3 is 0 Å². The molecular weight excluding hydrogens is 266 g/mol. The van der Waals surface area contributed by atoms with Gasteiger partial charge in [-0.25, -0.2) is 4.98 Å². The van der Waals surface area contributed by atoms with Gasteiger partial charge in [0.05, 0.1) is 0 Å². The highest BCUT2D eigenvalue weighted by atomic mass is 16.6. The molecule has 5 heteroatoms. The molecule has 110 valence electrons. The third kappa shape index (κ3) is 3.37. The number of anilines is 2. The first kappa shape index (κ1) is 13.5. The Hall–Kier alpha value is -2.43. The van der Waals surface area contributed by atoms with E-state index in [9.17, 15) is 0 Å². The van der Waals surface area contributed by atoms with Crippen molar-refractivity contribution in [3.8, 4) is 11.5 Å². The summed E-state index contributed by atoms with van der Waals surface area (Å²) in [5, 5.41) is 6.42. The molecule has 5 nitrogen and oxygen atoms in total. The van der Waals surface area contributed by atoms with E-state index in [1.807, 2.05) is 25.2 Å². The average molecular weight is 285 g/mol. The molecule has 0 aliphatic carbocycles. The lowest BCUT2D eigenvalue weighted by Gasteiger charge is -2.19. The summed E-state index contributed by atoms with van der Waals surface area (Å²) in [6.07, 6.45) is 2.71. The number of nitrogens with one attached hydrogen (secondary N) is 2. The molecule has 1 aliphatic heterocycles. The van der Waals surface area contributed by atoms with Gasteiger partial charge in [0.15, 0.2) is 11.5 Å². The fourth-order valence-corrected chi connectivity index (χ4v) is 2.27. The van der Waals surface area contributed by atoms with Crippen molar-refractivity contribution in [3.63, 3.8) is 0 Å². The summed E-state index contributed by atoms with van der Waals surface area (Å²) >= 11 is 0. The molecule has 0 spiro atoms. The lowest BCUT2D eigenvalue weighted by molar-refractivity contribution is 0.171. The van der Waals surface area contributed by atoms with E-state index in [1.165, 1.54) is 5.56 Å². The number of benzene rings is 1. The first-order valence-corrected chi connectivity index (χ1v) is 7.11. The second-order valence-electron chi connectivity index (χ2n) is 4.83. The standard InChI is InChI=1S/C16H19N3O2/c1-17-16-11-13(5-7-19-16)18-6-4-12-2-3-14-15(10-12)21-9-8-20-14/h2-3,5,7,10-11H,4,6,8-9H2,1H3,(H2,17,18,19). The van der Waals surface area contributed by atoms with Crippen LogP contribution in [0.2, 0.25) is 0 Å². The summed E-state index contributed by atoms with van der Waals surface area (Å²) in [4.78, 5) is 4.19. The topological polar surface area (TPSA) is 55.4 Å². The van der Waals surface area contributed by atoms with Crippen LogP contribution in [0.15, 0.2) is 36.5 Å². The van der Waals surface area contributed by atoms with Crippen molar-refractivity contribution in [2.75, 3.05) is 37.4 Å². The normalized spacial score (nSPS) is 12.8. The van der Waals surface area contributed by atoms with Crippen molar-refractivity contribution in [2.24, 2.45) is 0 Å². The quantitative estimate of drug-likeness (QED) is 0.884. The molecule has 0 saturated carbocycles. The van der Waals surface area contributed by atoms with Gasteiger partial charge in [-0.2, -0.15) is 0 Å². The fourth-order valence-electron chi connectivity index (χ4n) is 2.27. The van der Waals surface area contributed by atoms with Gasteiger partial charge in [0.1, 0.15) is 19.0 Å². The Balaban J connectivity index is 1.57. The van der Waals surface area contributed by atoms with Gasteiger partial charge in [0, 0.05) is 31.5 Å². The molecule has 0 bridgehead atoms. The summed E-state index contributed by atoms with van der Waals surface area (Å²) in [5.74, 6) is 2.55. The summed E-state index contributed by atoms with van der Waals surface area (Å²) in [6.45, 7) is 2.11. The Morgan fingerprint density at radius 2 is 1.95 bits per heavy atom. The first-order valence-electron chi connectivity index (χ1n) is 7.11. The summed E-state index contributed by atoms with van der Waals surface area (Å²) in [5.41, 5.74) is 2.29. The van der Waals surface area contributed by atoms with Crippen molar-refractivity contribution in [3.05, 3.63) is 42.1 Å². The highest BCUT2D eigenvalue weighted by molar-refractivity contribution is 5.51. The predicted octanol–water partition coefficient (Wildman–Crippen LogP) is 2.55. The van der Waals surface area contributed by atoms with Crippen LogP contribution in [-0.2, 0) is 6.42 Å². The minimum Gasteiger partial charge on any atom is -0.486 e. The molecule has 2 aromatic rings. The van der Waals surface area contributed by atoms with Gasteiger partial charge in [-0.05, 0) is 30.2 Å². The van der Waals surface area contributed by atoms with E-state index in [1.54, 1.807) is 6.20 Å². The molecule has 0 amide bonds. The molecule has 1 aromatic heterocycles. The Bertz CT molecular complexity index is 616. The van der Waals surface area contributed by atoms with E-state index >= 15 is 0 Å². The molecule has 1 aromatic carbocycles. The summed E-state index contributed by atoms with van der Waals surface area (Å²) in [7, 11) is 1.86. The Labute approximate surface area is 124 Å². The number of rotatable bonds is 5. The lowest BCUT2D eigenvalue weighted by atomic mass is 10.1. The minimum atomic E-state index is 0.624. The molecule has 2 N–H and O–H groups in total. The van der Waals surface area contributed by atoms with Gasteiger partial charge in [-0.1, -0.05) is 6.07 Å². The molecule has 0 unspecified atom stereocenters. The molecule has 0 fully saturated rings. The zero-order valence-corrected chi connectivity index (χ0v) is 12.1. The van der Waals surface area contributed by atoms with E-state index in [-0.39, 0.29) is 0 Å². The van der Waals surface area contributed by atoms with Crippen molar-refractivity contribution < 1.29 is 9.47 Å². The monoisotopic (exact) mass is 285 g/mol. The largest absolute Gasteiger partial charge is 0.486 e. The summed E-state index contributed by atoms with van der Waals surface area (Å²) in [6, 6.07) is 10.1. The van der Waals surface area contributed by atoms with Gasteiger partial charge in [-0.3, -0.25) is 0 Å². The van der Waals surface area contributed by atoms with Crippen LogP contribution in [0.3, 0.4) is 0 Å². The molecule has 3 rings (SSSR count). The number of aromatic nitrogens is 1. The van der Waals surface area contributed by atoms with Gasteiger partial charge in [0.25, 0.3) is 0 Å². The van der Waals surface area contributed by atoms with Crippen LogP contribution in [0, 0.1) is 0 Å². The number of nitrogens with zero attached hydrogens (tertiary/aromatic N) is 1. The second-order valence-corrected chi connectivity index (χ2v) is 4.83. The molecule has 0 radical (unpaired) electrons. The molecule has 21 heavy (non-hydrogen) atoms. The number of hydrogen-bond acceptors (Lipinski definition) is 5. The molecule has 2 heterocycles. The Morgan fingerprint density at radius 3 is 2.81 bits per heavy atom. The predicted molar refractivity (Wildman–Crippen MR) is 83.4 cm³/mol. The Morgan fingerprint density at radius 1 is 1.10 bits per heavy atom. The van der Waals surface area contributed by atoms with E-state index in [0.29, 0.717) is 13.2 Å². The first-order chi connectivity index (χ1) is 10.3. The van der Waals surface area contributed by atoms with Crippen molar-refractivity contribution in [2.45, 2.75) is 6.42 Å². The number of fused-ring (bicyclic) bond motifs is 1. The molecule has 0 atom stereocenters. The van der Waals surface area contributed by atoms with Crippen LogP contribution in [0.5, 0.6) is 11.5 Å². The average Bonchev–Trinajstić information content (AvgIpc) is 2.55. The van der Waals surface area contributed by atoms with Crippen LogP contribution in [0.1, 0.15) is 5.56 Å². The van der Waals surface area contributed by atoms with Gasteiger partial charge in [-0.15, -0.1) is 0 Å². The smallest absolute Gasteiger partial charge is 0.161 e. The minimum absolute atomic E-state index is 0.624. The molecule has 0 saturated heterocycles.